The summed E-state index contributed by atoms with van der Waals surface area (Å²) in [6, 6.07) is 44.9. The van der Waals surface area contributed by atoms with E-state index in [0.29, 0.717) is 0 Å². The smallest absolute Gasteiger partial charge is 0.662 e. The first kappa shape index (κ1) is 33.1. The second-order valence-electron chi connectivity index (χ2n) is 11.1. The second kappa shape index (κ2) is 15.8. The van der Waals surface area contributed by atoms with Crippen LogP contribution in [-0.4, -0.2) is 5.78 Å². The molecule has 0 aliphatic carbocycles. The monoisotopic (exact) mass is 700 g/mol. The Morgan fingerprint density at radius 2 is 0.830 bits per heavy atom. The molecule has 2 aliphatic rings. The molecule has 5 aromatic carbocycles. The SMILES string of the molecule is CC1=CC(c2ccccc2)=c2ccc3c(c2[N-]1)[N-]C(C)=CC=3c1ccccc1.O=C(C=Cc1ccccc1)C=Cc1ccccc1.[Pd+2]. The van der Waals surface area contributed by atoms with Crippen LogP contribution in [0.25, 0.3) is 33.9 Å². The number of carbonyl (C=O) groups excluding carboxylic acids is 1. The Labute approximate surface area is 290 Å². The summed E-state index contributed by atoms with van der Waals surface area (Å²) >= 11 is 0. The zero-order valence-electron chi connectivity index (χ0n) is 26.3. The molecule has 0 radical (unpaired) electrons. The van der Waals surface area contributed by atoms with Crippen LogP contribution in [-0.2, 0) is 25.2 Å². The van der Waals surface area contributed by atoms with Gasteiger partial charge < -0.3 is 10.6 Å². The van der Waals surface area contributed by atoms with Crippen molar-refractivity contribution in [3.05, 3.63) is 212 Å². The predicted molar refractivity (Wildman–Crippen MR) is 193 cm³/mol. The summed E-state index contributed by atoms with van der Waals surface area (Å²) in [7, 11) is 0. The summed E-state index contributed by atoms with van der Waals surface area (Å²) in [4.78, 5) is 11.6. The van der Waals surface area contributed by atoms with Crippen molar-refractivity contribution < 1.29 is 25.2 Å². The molecule has 0 aromatic heterocycles. The molecule has 0 saturated heterocycles. The predicted octanol–water partition coefficient (Wildman–Crippen LogP) is 9.91. The van der Waals surface area contributed by atoms with Crippen molar-refractivity contribution in [2.75, 3.05) is 0 Å². The molecule has 0 atom stereocenters. The van der Waals surface area contributed by atoms with Gasteiger partial charge >= 0.3 is 20.4 Å². The number of allylic oxidation sites excluding steroid dienone is 6. The van der Waals surface area contributed by atoms with Crippen LogP contribution >= 0.6 is 0 Å². The maximum absolute atomic E-state index is 11.6. The van der Waals surface area contributed by atoms with Gasteiger partial charge in [0, 0.05) is 0 Å². The van der Waals surface area contributed by atoms with Crippen molar-refractivity contribution in [3.63, 3.8) is 0 Å². The van der Waals surface area contributed by atoms with E-state index in [2.05, 4.69) is 86.7 Å². The van der Waals surface area contributed by atoms with Crippen molar-refractivity contribution in [1.82, 2.24) is 0 Å². The van der Waals surface area contributed by atoms with Crippen molar-refractivity contribution >= 4 is 40.5 Å². The zero-order valence-corrected chi connectivity index (χ0v) is 27.8. The first-order valence-electron chi connectivity index (χ1n) is 15.4. The van der Waals surface area contributed by atoms with Gasteiger partial charge in [0.25, 0.3) is 0 Å². The van der Waals surface area contributed by atoms with Crippen LogP contribution in [0.2, 0.25) is 0 Å². The first-order valence-corrected chi connectivity index (χ1v) is 15.4. The summed E-state index contributed by atoms with van der Waals surface area (Å²) in [6.07, 6.45) is 11.1. The summed E-state index contributed by atoms with van der Waals surface area (Å²) < 4.78 is 0. The van der Waals surface area contributed by atoms with Crippen LogP contribution < -0.4 is 10.4 Å². The van der Waals surface area contributed by atoms with Crippen molar-refractivity contribution in [3.8, 4) is 0 Å². The Morgan fingerprint density at radius 3 is 1.19 bits per heavy atom. The molecular formula is C43H34N2OPd. The number of rotatable bonds is 6. The molecule has 0 bridgehead atoms. The number of fused-ring (bicyclic) bond motifs is 3. The third kappa shape index (κ3) is 8.31. The van der Waals surface area contributed by atoms with Crippen LogP contribution in [0.5, 0.6) is 0 Å². The minimum Gasteiger partial charge on any atom is -0.662 e. The minimum atomic E-state index is -0.0114. The van der Waals surface area contributed by atoms with Crippen LogP contribution in [0, 0.1) is 0 Å². The van der Waals surface area contributed by atoms with Crippen LogP contribution in [0.3, 0.4) is 0 Å². The number of nitrogens with zero attached hydrogens (tertiary/aromatic N) is 2. The molecule has 0 N–H and O–H groups in total. The molecular weight excluding hydrogens is 667 g/mol. The van der Waals surface area contributed by atoms with Gasteiger partial charge in [0.05, 0.1) is 0 Å². The summed E-state index contributed by atoms with van der Waals surface area (Å²) in [5.41, 5.74) is 10.8. The Kier molecular flexibility index (Phi) is 11.2. The maximum Gasteiger partial charge on any atom is 2.00 e. The van der Waals surface area contributed by atoms with Gasteiger partial charge in [-0.2, -0.15) is 11.4 Å². The Balaban J connectivity index is 0.000000199. The molecule has 3 nitrogen and oxygen atoms in total. The van der Waals surface area contributed by atoms with Crippen LogP contribution in [0.15, 0.2) is 169 Å². The minimum absolute atomic E-state index is 0. The molecule has 0 spiro atoms. The number of carbonyl (C=O) groups is 1. The van der Waals surface area contributed by atoms with E-state index in [-0.39, 0.29) is 26.2 Å². The largest absolute Gasteiger partial charge is 2.00 e. The number of ketones is 1. The summed E-state index contributed by atoms with van der Waals surface area (Å²) in [5.74, 6) is -0.0114. The molecule has 5 aromatic rings. The van der Waals surface area contributed by atoms with Gasteiger partial charge in [-0.3, -0.25) is 4.79 Å². The average molecular weight is 701 g/mol. The standard InChI is InChI=1S/C26H20N2.C17H14O.Pd/c1-17-15-23(19-9-5-3-6-10-19)21-13-14-22-24(20-11-7-4-8-12-20)16-18(2)28-26(22)25(21)27-17;18-17(13-11-15-7-3-1-4-8-15)14-12-16-9-5-2-6-10-16;/h3-16H,1-2H3;1-14H;/q-2;;+2. The molecule has 2 heterocycles. The molecule has 2 aliphatic heterocycles. The van der Waals surface area contributed by atoms with Crippen molar-refractivity contribution in [2.24, 2.45) is 0 Å². The normalized spacial score (nSPS) is 13.1. The van der Waals surface area contributed by atoms with Crippen molar-refractivity contribution in [1.29, 1.82) is 0 Å². The molecule has 4 heteroatoms. The fourth-order valence-electron chi connectivity index (χ4n) is 5.48. The van der Waals surface area contributed by atoms with Gasteiger partial charge in [-0.1, -0.05) is 172 Å². The topological polar surface area (TPSA) is 45.3 Å². The maximum atomic E-state index is 11.6. The summed E-state index contributed by atoms with van der Waals surface area (Å²) in [5, 5.41) is 12.1. The zero-order chi connectivity index (χ0) is 31.7. The molecule has 47 heavy (non-hydrogen) atoms. The Morgan fingerprint density at radius 1 is 0.489 bits per heavy atom. The van der Waals surface area contributed by atoms with E-state index in [4.69, 9.17) is 10.6 Å². The molecule has 7 rings (SSSR count). The van der Waals surface area contributed by atoms with Gasteiger partial charge in [-0.25, -0.2) is 0 Å². The molecule has 0 fully saturated rings. The molecule has 0 saturated carbocycles. The number of benzene rings is 5. The molecule has 0 unspecified atom stereocenters. The number of hydrogen-bond acceptors (Lipinski definition) is 1. The van der Waals surface area contributed by atoms with Gasteiger partial charge in [0.2, 0.25) is 0 Å². The summed E-state index contributed by atoms with van der Waals surface area (Å²) in [6.45, 7) is 4.11. The quantitative estimate of drug-likeness (QED) is 0.129. The fraction of sp³-hybridized carbons (Fsp3) is 0.0465. The second-order valence-corrected chi connectivity index (χ2v) is 11.1. The van der Waals surface area contributed by atoms with E-state index >= 15 is 0 Å². The number of hydrogen-bond donors (Lipinski definition) is 0. The third-order valence-corrected chi connectivity index (χ3v) is 7.66. The van der Waals surface area contributed by atoms with E-state index in [1.54, 1.807) is 12.2 Å². The van der Waals surface area contributed by atoms with Crippen molar-refractivity contribution in [2.45, 2.75) is 13.8 Å². The third-order valence-electron chi connectivity index (χ3n) is 7.66. The van der Waals surface area contributed by atoms with Crippen LogP contribution in [0.4, 0.5) is 11.4 Å². The Hall–Kier alpha value is -5.27. The van der Waals surface area contributed by atoms with Gasteiger partial charge in [0.15, 0.2) is 5.78 Å². The van der Waals surface area contributed by atoms with E-state index in [9.17, 15) is 4.79 Å². The van der Waals surface area contributed by atoms with E-state index in [1.807, 2.05) is 84.9 Å². The van der Waals surface area contributed by atoms with Gasteiger partial charge in [0.1, 0.15) is 0 Å². The van der Waals surface area contributed by atoms with E-state index in [0.717, 1.165) is 44.3 Å². The fourth-order valence-corrected chi connectivity index (χ4v) is 5.48. The van der Waals surface area contributed by atoms with Gasteiger partial charge in [-0.15, -0.1) is 11.4 Å². The van der Waals surface area contributed by atoms with Gasteiger partial charge in [-0.05, 0) is 56.0 Å². The van der Waals surface area contributed by atoms with Crippen LogP contribution in [0.1, 0.15) is 36.1 Å². The Bertz CT molecular complexity index is 1940. The van der Waals surface area contributed by atoms with E-state index < -0.39 is 0 Å². The molecule has 0 amide bonds. The first-order chi connectivity index (χ1) is 22.5. The van der Waals surface area contributed by atoms with E-state index in [1.165, 1.54) is 22.3 Å². The average Bonchev–Trinajstić information content (AvgIpc) is 3.11. The molecule has 232 valence electrons.